The molecule has 0 aliphatic heterocycles. The fourth-order valence-electron chi connectivity index (χ4n) is 0.681. The second-order valence-corrected chi connectivity index (χ2v) is 2.20. The second-order valence-electron chi connectivity index (χ2n) is 1.75. The van der Waals surface area contributed by atoms with E-state index in [0.717, 1.165) is 25.4 Å². The first kappa shape index (κ1) is 13.2. The third-order valence-corrected chi connectivity index (χ3v) is 1.51. The highest BCUT2D eigenvalue weighted by Gasteiger charge is 1.93. The molecule has 0 heterocycles. The number of halogens is 1. The fraction of sp³-hybridized carbons (Fsp3) is 1.00. The molecule has 0 saturated carbocycles. The molecule has 0 unspecified atom stereocenters. The molecule has 4 heteroatoms. The van der Waals surface area contributed by atoms with E-state index < -0.39 is 0 Å². The highest BCUT2D eigenvalue weighted by molar-refractivity contribution is 7.80. The van der Waals surface area contributed by atoms with Gasteiger partial charge in [0.15, 0.2) is 0 Å². The van der Waals surface area contributed by atoms with Gasteiger partial charge in [0.05, 0.1) is 11.9 Å². The SMILES string of the molecule is CCN(CC)CCS.OCl. The van der Waals surface area contributed by atoms with Crippen LogP contribution in [-0.2, 0) is 0 Å². The molecule has 0 aromatic rings. The smallest absolute Gasteiger partial charge is 0.0579 e. The quantitative estimate of drug-likeness (QED) is 0.647. The summed E-state index contributed by atoms with van der Waals surface area (Å²) in [6, 6.07) is 0. The summed E-state index contributed by atoms with van der Waals surface area (Å²) in [6.07, 6.45) is 0. The predicted molar refractivity (Wildman–Crippen MR) is 49.7 cm³/mol. The van der Waals surface area contributed by atoms with Crippen LogP contribution >= 0.6 is 24.5 Å². The van der Waals surface area contributed by atoms with Crippen molar-refractivity contribution >= 4 is 24.5 Å². The van der Waals surface area contributed by atoms with Crippen molar-refractivity contribution in [1.82, 2.24) is 4.90 Å². The zero-order valence-electron chi connectivity index (χ0n) is 6.55. The van der Waals surface area contributed by atoms with Gasteiger partial charge in [-0.2, -0.15) is 12.6 Å². The van der Waals surface area contributed by atoms with E-state index in [2.05, 4.69) is 43.2 Å². The lowest BCUT2D eigenvalue weighted by Gasteiger charge is -2.15. The third kappa shape index (κ3) is 8.56. The molecule has 0 bridgehead atoms. The van der Waals surface area contributed by atoms with Gasteiger partial charge in [-0.15, -0.1) is 0 Å². The van der Waals surface area contributed by atoms with Crippen LogP contribution in [0.25, 0.3) is 0 Å². The topological polar surface area (TPSA) is 23.5 Å². The highest BCUT2D eigenvalue weighted by atomic mass is 35.5. The molecule has 10 heavy (non-hydrogen) atoms. The molecule has 64 valence electrons. The Balaban J connectivity index is 0. The van der Waals surface area contributed by atoms with Gasteiger partial charge in [-0.1, -0.05) is 13.8 Å². The standard InChI is InChI=1S/C6H15NS.ClHO/c1-3-7(4-2)5-6-8;1-2/h8H,3-6H2,1-2H3;2H. The van der Waals surface area contributed by atoms with Gasteiger partial charge in [0, 0.05) is 12.3 Å². The van der Waals surface area contributed by atoms with Gasteiger partial charge in [-0.05, 0) is 13.1 Å². The summed E-state index contributed by atoms with van der Waals surface area (Å²) >= 11 is 7.77. The first-order valence-electron chi connectivity index (χ1n) is 3.35. The molecule has 0 atom stereocenters. The van der Waals surface area contributed by atoms with Crippen LogP contribution in [0.5, 0.6) is 0 Å². The molecular formula is C6H16ClNOS. The lowest BCUT2D eigenvalue weighted by atomic mass is 10.5. The van der Waals surface area contributed by atoms with Crippen LogP contribution in [0, 0.1) is 0 Å². The van der Waals surface area contributed by atoms with E-state index in [0.29, 0.717) is 0 Å². The predicted octanol–water partition coefficient (Wildman–Crippen LogP) is 1.39. The Kier molecular flexibility index (Phi) is 16.1. The molecule has 0 saturated heterocycles. The first-order valence-corrected chi connectivity index (χ1v) is 4.32. The molecule has 0 rings (SSSR count). The van der Waals surface area contributed by atoms with Crippen LogP contribution in [0.4, 0.5) is 0 Å². The van der Waals surface area contributed by atoms with E-state index in [1.165, 1.54) is 0 Å². The lowest BCUT2D eigenvalue weighted by Crippen LogP contribution is -2.24. The molecule has 0 aliphatic rings. The number of nitrogens with zero attached hydrogens (tertiary/aromatic N) is 1. The minimum absolute atomic E-state index is 0.974. The maximum atomic E-state index is 6.47. The molecule has 0 spiro atoms. The van der Waals surface area contributed by atoms with Crippen molar-refractivity contribution in [3.63, 3.8) is 0 Å². The Morgan fingerprint density at radius 2 is 1.70 bits per heavy atom. The zero-order chi connectivity index (χ0) is 8.41. The van der Waals surface area contributed by atoms with Gasteiger partial charge in [-0.25, -0.2) is 0 Å². The van der Waals surface area contributed by atoms with Gasteiger partial charge in [0.2, 0.25) is 0 Å². The van der Waals surface area contributed by atoms with Crippen molar-refractivity contribution < 1.29 is 4.66 Å². The van der Waals surface area contributed by atoms with E-state index >= 15 is 0 Å². The molecule has 0 fully saturated rings. The molecule has 0 aromatic heterocycles. The van der Waals surface area contributed by atoms with Crippen molar-refractivity contribution in [3.8, 4) is 0 Å². The summed E-state index contributed by atoms with van der Waals surface area (Å²) in [5, 5.41) is 0. The highest BCUT2D eigenvalue weighted by Crippen LogP contribution is 1.86. The Hall–Kier alpha value is 0.560. The van der Waals surface area contributed by atoms with Crippen LogP contribution in [-0.4, -0.2) is 34.9 Å². The van der Waals surface area contributed by atoms with E-state index in [4.69, 9.17) is 4.66 Å². The lowest BCUT2D eigenvalue weighted by molar-refractivity contribution is 0.324. The normalized spacial score (nSPS) is 9.00. The summed E-state index contributed by atoms with van der Waals surface area (Å²) in [5.41, 5.74) is 0. The summed E-state index contributed by atoms with van der Waals surface area (Å²) in [5.74, 6) is 0.974. The van der Waals surface area contributed by atoms with Gasteiger partial charge < -0.3 is 4.90 Å². The Morgan fingerprint density at radius 1 is 1.30 bits per heavy atom. The van der Waals surface area contributed by atoms with E-state index in [9.17, 15) is 0 Å². The van der Waals surface area contributed by atoms with Crippen LogP contribution in [0.3, 0.4) is 0 Å². The Bertz CT molecular complexity index is 53.0. The van der Waals surface area contributed by atoms with Crippen molar-refractivity contribution in [2.75, 3.05) is 25.4 Å². The molecule has 0 radical (unpaired) electrons. The van der Waals surface area contributed by atoms with Crippen LogP contribution < -0.4 is 0 Å². The third-order valence-electron chi connectivity index (χ3n) is 1.31. The zero-order valence-corrected chi connectivity index (χ0v) is 8.20. The van der Waals surface area contributed by atoms with Crippen molar-refractivity contribution in [1.29, 1.82) is 0 Å². The molecule has 1 N–H and O–H groups in total. The van der Waals surface area contributed by atoms with Gasteiger partial charge in [-0.3, -0.25) is 4.66 Å². The van der Waals surface area contributed by atoms with Crippen LogP contribution in [0.1, 0.15) is 13.8 Å². The monoisotopic (exact) mass is 185 g/mol. The largest absolute Gasteiger partial charge is 0.303 e. The average Bonchev–Trinajstić information content (AvgIpc) is 2.04. The van der Waals surface area contributed by atoms with Gasteiger partial charge >= 0.3 is 0 Å². The average molecular weight is 186 g/mol. The number of thiol groups is 1. The minimum atomic E-state index is 0.974. The number of hydrogen-bond acceptors (Lipinski definition) is 3. The van der Waals surface area contributed by atoms with E-state index in [-0.39, 0.29) is 0 Å². The summed E-state index contributed by atoms with van der Waals surface area (Å²) in [4.78, 5) is 2.35. The summed E-state index contributed by atoms with van der Waals surface area (Å²) in [7, 11) is 0. The first-order chi connectivity index (χ1) is 4.85. The maximum Gasteiger partial charge on any atom is 0.0579 e. The van der Waals surface area contributed by atoms with Crippen molar-refractivity contribution in [2.24, 2.45) is 0 Å². The second kappa shape index (κ2) is 12.3. The minimum Gasteiger partial charge on any atom is -0.303 e. The van der Waals surface area contributed by atoms with Gasteiger partial charge in [0.1, 0.15) is 0 Å². The number of rotatable bonds is 4. The summed E-state index contributed by atoms with van der Waals surface area (Å²) < 4.78 is 6.47. The van der Waals surface area contributed by atoms with Gasteiger partial charge in [0.25, 0.3) is 0 Å². The molecule has 0 aromatic carbocycles. The Morgan fingerprint density at radius 3 is 1.80 bits per heavy atom. The number of hydrogen-bond donors (Lipinski definition) is 2. The van der Waals surface area contributed by atoms with Crippen molar-refractivity contribution in [2.45, 2.75) is 13.8 Å². The molecular weight excluding hydrogens is 170 g/mol. The van der Waals surface area contributed by atoms with E-state index in [1.54, 1.807) is 0 Å². The fourth-order valence-corrected chi connectivity index (χ4v) is 0.964. The van der Waals surface area contributed by atoms with Crippen LogP contribution in [0.2, 0.25) is 0 Å². The maximum absolute atomic E-state index is 6.47. The van der Waals surface area contributed by atoms with Crippen molar-refractivity contribution in [3.05, 3.63) is 0 Å². The van der Waals surface area contributed by atoms with E-state index in [1.807, 2.05) is 0 Å². The summed E-state index contributed by atoms with van der Waals surface area (Å²) in [6.45, 7) is 7.77. The molecule has 0 aliphatic carbocycles. The molecule has 2 nitrogen and oxygen atoms in total. The Labute approximate surface area is 73.8 Å². The van der Waals surface area contributed by atoms with Crippen LogP contribution in [0.15, 0.2) is 0 Å². The molecule has 0 amide bonds.